The summed E-state index contributed by atoms with van der Waals surface area (Å²) in [6.07, 6.45) is 5.64. The zero-order valence-electron chi connectivity index (χ0n) is 13.3. The average Bonchev–Trinajstić information content (AvgIpc) is 3.09. The van der Waals surface area contributed by atoms with E-state index < -0.39 is 10.0 Å². The molecule has 1 amide bonds. The molecule has 1 aromatic rings. The van der Waals surface area contributed by atoms with Crippen molar-refractivity contribution in [1.29, 1.82) is 0 Å². The maximum absolute atomic E-state index is 12.4. The number of carbonyl (C=O) groups is 1. The molecule has 1 aromatic carbocycles. The first-order chi connectivity index (χ1) is 11.2. The van der Waals surface area contributed by atoms with Crippen LogP contribution in [-0.4, -0.2) is 33.2 Å². The molecule has 3 atom stereocenters. The number of carbonyl (C=O) groups excluding carboxylic acids is 1. The monoisotopic (exact) mass is 390 g/mol. The van der Waals surface area contributed by atoms with Gasteiger partial charge in [-0.05, 0) is 49.3 Å². The maximum Gasteiger partial charge on any atom is 0.241 e. The summed E-state index contributed by atoms with van der Waals surface area (Å²) in [4.78, 5) is 12.4. The Morgan fingerprint density at radius 3 is 2.54 bits per heavy atom. The van der Waals surface area contributed by atoms with Crippen LogP contribution in [0.4, 0.5) is 5.69 Å². The zero-order valence-corrected chi connectivity index (χ0v) is 15.7. The summed E-state index contributed by atoms with van der Waals surface area (Å²) < 4.78 is 25.2. The fourth-order valence-corrected chi connectivity index (χ4v) is 4.99. The number of rotatable bonds is 5. The molecule has 0 saturated heterocycles. The van der Waals surface area contributed by atoms with E-state index in [0.29, 0.717) is 22.5 Å². The molecule has 3 rings (SSSR count). The maximum atomic E-state index is 12.4. The van der Waals surface area contributed by atoms with Gasteiger partial charge in [0.2, 0.25) is 15.9 Å². The van der Waals surface area contributed by atoms with Crippen LogP contribution < -0.4 is 9.62 Å². The minimum Gasteiger partial charge on any atom is -0.352 e. The van der Waals surface area contributed by atoms with Gasteiger partial charge in [-0.2, -0.15) is 0 Å². The summed E-state index contributed by atoms with van der Waals surface area (Å²) in [5.74, 6) is 0.959. The van der Waals surface area contributed by atoms with E-state index in [1.54, 1.807) is 6.07 Å². The number of anilines is 1. The molecule has 2 aliphatic carbocycles. The number of halogens is 2. The van der Waals surface area contributed by atoms with Gasteiger partial charge >= 0.3 is 0 Å². The molecule has 2 bridgehead atoms. The smallest absolute Gasteiger partial charge is 0.241 e. The Hall–Kier alpha value is -0.980. The van der Waals surface area contributed by atoms with Crippen molar-refractivity contribution < 1.29 is 13.2 Å². The van der Waals surface area contributed by atoms with Gasteiger partial charge in [-0.15, -0.1) is 0 Å². The molecular weight excluding hydrogens is 371 g/mol. The number of amides is 1. The highest BCUT2D eigenvalue weighted by Gasteiger charge is 2.40. The number of fused-ring (bicyclic) bond motifs is 2. The minimum atomic E-state index is -3.62. The first-order valence-electron chi connectivity index (χ1n) is 7.96. The van der Waals surface area contributed by atoms with Gasteiger partial charge in [0.25, 0.3) is 0 Å². The Morgan fingerprint density at radius 2 is 2.00 bits per heavy atom. The molecule has 0 aromatic heterocycles. The molecule has 0 radical (unpaired) electrons. The molecule has 8 heteroatoms. The number of sulfonamides is 1. The molecular formula is C16H20Cl2N2O3S. The summed E-state index contributed by atoms with van der Waals surface area (Å²) in [6.45, 7) is -0.259. The summed E-state index contributed by atoms with van der Waals surface area (Å²) >= 11 is 11.8. The topological polar surface area (TPSA) is 66.5 Å². The predicted molar refractivity (Wildman–Crippen MR) is 96.0 cm³/mol. The lowest BCUT2D eigenvalue weighted by molar-refractivity contribution is -0.120. The number of nitrogens with zero attached hydrogens (tertiary/aromatic N) is 1. The molecule has 5 nitrogen and oxygen atoms in total. The molecule has 2 aliphatic rings. The number of nitrogens with one attached hydrogen (secondary N) is 1. The van der Waals surface area contributed by atoms with Crippen LogP contribution in [0.5, 0.6) is 0 Å². The van der Waals surface area contributed by atoms with Crippen LogP contribution in [0.1, 0.15) is 25.7 Å². The lowest BCUT2D eigenvalue weighted by atomic mass is 9.95. The molecule has 0 unspecified atom stereocenters. The first kappa shape index (κ1) is 17.8. The van der Waals surface area contributed by atoms with Gasteiger partial charge in [0.05, 0.1) is 22.0 Å². The fourth-order valence-electron chi connectivity index (χ4n) is 3.84. The molecule has 0 spiro atoms. The standard InChI is InChI=1S/C16H20Cl2N2O3S/c1-24(22,23)20(12-4-5-13(17)14(18)8-12)9-16(21)19-15-7-10-2-3-11(15)6-10/h4-5,8,10-11,15H,2-3,6-7,9H2,1H3,(H,19,21)/t10-,11+,15+/m0/s1. The van der Waals surface area contributed by atoms with Crippen LogP contribution in [0, 0.1) is 11.8 Å². The van der Waals surface area contributed by atoms with Gasteiger partial charge in [0, 0.05) is 6.04 Å². The molecule has 1 N–H and O–H groups in total. The van der Waals surface area contributed by atoms with E-state index in [4.69, 9.17) is 23.2 Å². The van der Waals surface area contributed by atoms with E-state index in [-0.39, 0.29) is 23.5 Å². The van der Waals surface area contributed by atoms with Crippen molar-refractivity contribution in [2.75, 3.05) is 17.1 Å². The van der Waals surface area contributed by atoms with Crippen molar-refractivity contribution in [2.45, 2.75) is 31.7 Å². The second kappa shape index (κ2) is 6.73. The highest BCUT2D eigenvalue weighted by atomic mass is 35.5. The molecule has 0 aliphatic heterocycles. The van der Waals surface area contributed by atoms with Crippen LogP contribution in [-0.2, 0) is 14.8 Å². The van der Waals surface area contributed by atoms with Crippen LogP contribution >= 0.6 is 23.2 Å². The fraction of sp³-hybridized carbons (Fsp3) is 0.562. The van der Waals surface area contributed by atoms with Crippen molar-refractivity contribution in [3.05, 3.63) is 28.2 Å². The predicted octanol–water partition coefficient (Wildman–Crippen LogP) is 3.06. The largest absolute Gasteiger partial charge is 0.352 e. The molecule has 2 fully saturated rings. The quantitative estimate of drug-likeness (QED) is 0.839. The number of hydrogen-bond donors (Lipinski definition) is 1. The van der Waals surface area contributed by atoms with E-state index in [1.807, 2.05) is 0 Å². The third-order valence-electron chi connectivity index (χ3n) is 4.96. The summed E-state index contributed by atoms with van der Waals surface area (Å²) in [5, 5.41) is 3.58. The summed E-state index contributed by atoms with van der Waals surface area (Å²) in [5.41, 5.74) is 0.329. The Balaban J connectivity index is 1.72. The van der Waals surface area contributed by atoms with Gasteiger partial charge in [0.1, 0.15) is 6.54 Å². The Bertz CT molecular complexity index is 754. The number of benzene rings is 1. The zero-order chi connectivity index (χ0) is 17.5. The second-order valence-electron chi connectivity index (χ2n) is 6.72. The SMILES string of the molecule is CS(=O)(=O)N(CC(=O)N[C@@H]1C[C@H]2CC[C@@H]1C2)c1ccc(Cl)c(Cl)c1. The number of hydrogen-bond acceptors (Lipinski definition) is 3. The lowest BCUT2D eigenvalue weighted by Gasteiger charge is -2.26. The van der Waals surface area contributed by atoms with E-state index in [0.717, 1.165) is 23.4 Å². The van der Waals surface area contributed by atoms with E-state index in [2.05, 4.69) is 5.32 Å². The average molecular weight is 391 g/mol. The van der Waals surface area contributed by atoms with Crippen LogP contribution in [0.2, 0.25) is 10.0 Å². The van der Waals surface area contributed by atoms with Crippen LogP contribution in [0.25, 0.3) is 0 Å². The highest BCUT2D eigenvalue weighted by Crippen LogP contribution is 2.44. The lowest BCUT2D eigenvalue weighted by Crippen LogP contribution is -2.45. The van der Waals surface area contributed by atoms with E-state index in [9.17, 15) is 13.2 Å². The van der Waals surface area contributed by atoms with Gasteiger partial charge in [-0.1, -0.05) is 29.6 Å². The van der Waals surface area contributed by atoms with Crippen LogP contribution in [0.3, 0.4) is 0 Å². The second-order valence-corrected chi connectivity index (χ2v) is 9.44. The normalized spacial score (nSPS) is 25.7. The van der Waals surface area contributed by atoms with E-state index in [1.165, 1.54) is 25.0 Å². The van der Waals surface area contributed by atoms with Crippen molar-refractivity contribution >= 4 is 44.8 Å². The third-order valence-corrected chi connectivity index (χ3v) is 6.84. The Labute approximate surface area is 152 Å². The molecule has 0 heterocycles. The third kappa shape index (κ3) is 3.81. The van der Waals surface area contributed by atoms with Crippen LogP contribution in [0.15, 0.2) is 18.2 Å². The van der Waals surface area contributed by atoms with Crippen molar-refractivity contribution in [3.63, 3.8) is 0 Å². The van der Waals surface area contributed by atoms with E-state index >= 15 is 0 Å². The molecule has 132 valence electrons. The first-order valence-corrected chi connectivity index (χ1v) is 10.6. The van der Waals surface area contributed by atoms with Crippen molar-refractivity contribution in [2.24, 2.45) is 11.8 Å². The van der Waals surface area contributed by atoms with Crippen molar-refractivity contribution in [3.8, 4) is 0 Å². The van der Waals surface area contributed by atoms with Gasteiger partial charge < -0.3 is 5.32 Å². The Kier molecular flexibility index (Phi) is 5.00. The Morgan fingerprint density at radius 1 is 1.25 bits per heavy atom. The van der Waals surface area contributed by atoms with Gasteiger partial charge in [0.15, 0.2) is 0 Å². The highest BCUT2D eigenvalue weighted by molar-refractivity contribution is 7.92. The summed E-state index contributed by atoms with van der Waals surface area (Å²) in [7, 11) is -3.62. The van der Waals surface area contributed by atoms with Crippen molar-refractivity contribution in [1.82, 2.24) is 5.32 Å². The molecule has 2 saturated carbocycles. The summed E-state index contributed by atoms with van der Waals surface area (Å²) in [6, 6.07) is 4.69. The van der Waals surface area contributed by atoms with Gasteiger partial charge in [-0.3, -0.25) is 9.10 Å². The van der Waals surface area contributed by atoms with Gasteiger partial charge in [-0.25, -0.2) is 8.42 Å². The molecule has 24 heavy (non-hydrogen) atoms. The minimum absolute atomic E-state index is 0.173.